The molecular weight excluding hydrogens is 400 g/mol. The van der Waals surface area contributed by atoms with E-state index < -0.39 is 0 Å². The molecule has 4 fully saturated rings. The SMILES string of the molecule is COC(=O)c1ccc2c(c1)OCC2(C)c1ccc(C23CC4CC(CC(C4)C2)C3)c(OC)c1. The third-order valence-corrected chi connectivity index (χ3v) is 8.96. The van der Waals surface area contributed by atoms with E-state index in [0.717, 1.165) is 34.8 Å². The van der Waals surface area contributed by atoms with Gasteiger partial charge in [0.05, 0.1) is 25.2 Å². The van der Waals surface area contributed by atoms with E-state index in [1.807, 2.05) is 19.2 Å². The average molecular weight is 433 g/mol. The third kappa shape index (κ3) is 2.84. The Morgan fingerprint density at radius 3 is 2.22 bits per heavy atom. The molecule has 0 spiro atoms. The minimum absolute atomic E-state index is 0.280. The van der Waals surface area contributed by atoms with Gasteiger partial charge in [-0.2, -0.15) is 0 Å². The van der Waals surface area contributed by atoms with E-state index >= 15 is 0 Å². The van der Waals surface area contributed by atoms with E-state index in [9.17, 15) is 4.79 Å². The summed E-state index contributed by atoms with van der Waals surface area (Å²) in [6.45, 7) is 2.77. The van der Waals surface area contributed by atoms with Crippen LogP contribution >= 0.6 is 0 Å². The zero-order chi connectivity index (χ0) is 22.1. The van der Waals surface area contributed by atoms with Gasteiger partial charge in [-0.15, -0.1) is 0 Å². The van der Waals surface area contributed by atoms with Crippen LogP contribution in [0.1, 0.15) is 72.5 Å². The van der Waals surface area contributed by atoms with E-state index in [1.54, 1.807) is 6.07 Å². The Labute approximate surface area is 190 Å². The van der Waals surface area contributed by atoms with Crippen molar-refractivity contribution in [2.45, 2.75) is 56.3 Å². The quantitative estimate of drug-likeness (QED) is 0.586. The highest BCUT2D eigenvalue weighted by Gasteiger charge is 2.52. The topological polar surface area (TPSA) is 44.8 Å². The molecule has 1 unspecified atom stereocenters. The molecule has 1 aliphatic heterocycles. The van der Waals surface area contributed by atoms with Gasteiger partial charge in [-0.25, -0.2) is 4.79 Å². The van der Waals surface area contributed by atoms with Crippen LogP contribution in [-0.2, 0) is 15.6 Å². The van der Waals surface area contributed by atoms with E-state index in [2.05, 4.69) is 25.1 Å². The molecule has 0 aromatic heterocycles. The Hall–Kier alpha value is -2.49. The lowest BCUT2D eigenvalue weighted by atomic mass is 9.48. The van der Waals surface area contributed by atoms with Crippen molar-refractivity contribution in [3.05, 3.63) is 58.7 Å². The Balaban J connectivity index is 1.37. The number of carbonyl (C=O) groups is 1. The first-order valence-electron chi connectivity index (χ1n) is 12.0. The zero-order valence-corrected chi connectivity index (χ0v) is 19.3. The van der Waals surface area contributed by atoms with E-state index in [0.29, 0.717) is 17.6 Å². The second kappa shape index (κ2) is 7.00. The molecule has 4 aliphatic carbocycles. The van der Waals surface area contributed by atoms with Gasteiger partial charge in [-0.1, -0.05) is 18.2 Å². The molecule has 1 atom stereocenters. The molecule has 168 valence electrons. The molecule has 2 aromatic rings. The van der Waals surface area contributed by atoms with Gasteiger partial charge in [0, 0.05) is 11.1 Å². The maximum absolute atomic E-state index is 11.9. The van der Waals surface area contributed by atoms with Crippen LogP contribution in [0.3, 0.4) is 0 Å². The molecule has 2 aromatic carbocycles. The van der Waals surface area contributed by atoms with Gasteiger partial charge in [0.1, 0.15) is 18.1 Å². The number of rotatable bonds is 4. The molecule has 4 saturated carbocycles. The fourth-order valence-electron chi connectivity index (χ4n) is 7.79. The van der Waals surface area contributed by atoms with E-state index in [1.165, 1.54) is 56.8 Å². The molecule has 0 radical (unpaired) electrons. The number of benzene rings is 2. The van der Waals surface area contributed by atoms with Crippen molar-refractivity contribution < 1.29 is 19.0 Å². The van der Waals surface area contributed by atoms with Crippen molar-refractivity contribution in [2.24, 2.45) is 17.8 Å². The van der Waals surface area contributed by atoms with Crippen LogP contribution in [0.4, 0.5) is 0 Å². The zero-order valence-electron chi connectivity index (χ0n) is 19.3. The van der Waals surface area contributed by atoms with Crippen LogP contribution < -0.4 is 9.47 Å². The van der Waals surface area contributed by atoms with Gasteiger partial charge in [0.15, 0.2) is 0 Å². The maximum atomic E-state index is 11.9. The summed E-state index contributed by atoms with van der Waals surface area (Å²) in [5, 5.41) is 0. The summed E-state index contributed by atoms with van der Waals surface area (Å²) < 4.78 is 17.0. The molecule has 0 amide bonds. The van der Waals surface area contributed by atoms with Crippen LogP contribution in [0.2, 0.25) is 0 Å². The summed E-state index contributed by atoms with van der Waals surface area (Å²) in [7, 11) is 3.21. The number of fused-ring (bicyclic) bond motifs is 1. The molecule has 0 saturated heterocycles. The van der Waals surface area contributed by atoms with E-state index in [-0.39, 0.29) is 11.4 Å². The van der Waals surface area contributed by atoms with Crippen molar-refractivity contribution >= 4 is 5.97 Å². The average Bonchev–Trinajstić information content (AvgIpc) is 3.14. The second-order valence-corrected chi connectivity index (χ2v) is 10.9. The number of esters is 1. The molecule has 1 heterocycles. The smallest absolute Gasteiger partial charge is 0.337 e. The van der Waals surface area contributed by atoms with Gasteiger partial charge in [0.25, 0.3) is 0 Å². The Kier molecular flexibility index (Phi) is 4.41. The molecule has 4 bridgehead atoms. The van der Waals surface area contributed by atoms with Crippen molar-refractivity contribution in [1.82, 2.24) is 0 Å². The fourth-order valence-corrected chi connectivity index (χ4v) is 7.79. The third-order valence-electron chi connectivity index (χ3n) is 8.96. The monoisotopic (exact) mass is 432 g/mol. The highest BCUT2D eigenvalue weighted by Crippen LogP contribution is 2.62. The molecule has 7 rings (SSSR count). The van der Waals surface area contributed by atoms with Crippen molar-refractivity contribution in [2.75, 3.05) is 20.8 Å². The number of ether oxygens (including phenoxy) is 3. The van der Waals surface area contributed by atoms with Crippen LogP contribution in [0.15, 0.2) is 36.4 Å². The second-order valence-electron chi connectivity index (χ2n) is 10.9. The first-order chi connectivity index (χ1) is 15.4. The lowest BCUT2D eigenvalue weighted by Gasteiger charge is -2.57. The number of hydrogen-bond acceptors (Lipinski definition) is 4. The predicted molar refractivity (Wildman–Crippen MR) is 123 cm³/mol. The summed E-state index contributed by atoms with van der Waals surface area (Å²) in [4.78, 5) is 11.9. The summed E-state index contributed by atoms with van der Waals surface area (Å²) in [6.07, 6.45) is 8.31. The summed E-state index contributed by atoms with van der Waals surface area (Å²) in [6, 6.07) is 12.5. The van der Waals surface area contributed by atoms with Crippen LogP contribution in [-0.4, -0.2) is 26.8 Å². The Morgan fingerprint density at radius 1 is 0.938 bits per heavy atom. The molecule has 5 aliphatic rings. The van der Waals surface area contributed by atoms with Crippen molar-refractivity contribution in [1.29, 1.82) is 0 Å². The first kappa shape index (κ1) is 20.1. The fraction of sp³-hybridized carbons (Fsp3) is 0.536. The maximum Gasteiger partial charge on any atom is 0.337 e. The minimum Gasteiger partial charge on any atom is -0.496 e. The van der Waals surface area contributed by atoms with Gasteiger partial charge in [-0.3, -0.25) is 0 Å². The molecule has 0 N–H and O–H groups in total. The summed E-state index contributed by atoms with van der Waals surface area (Å²) in [5.74, 6) is 4.17. The van der Waals surface area contributed by atoms with Gasteiger partial charge in [-0.05, 0) is 92.4 Å². The number of hydrogen-bond donors (Lipinski definition) is 0. The Morgan fingerprint density at radius 2 is 1.59 bits per heavy atom. The largest absolute Gasteiger partial charge is 0.496 e. The number of carbonyl (C=O) groups excluding carboxylic acids is 1. The highest BCUT2D eigenvalue weighted by molar-refractivity contribution is 5.90. The van der Waals surface area contributed by atoms with Crippen LogP contribution in [0, 0.1) is 17.8 Å². The standard InChI is InChI=1S/C28H32O4/c1-27(16-32-25-11-20(26(29)31-3)4-6-22(25)27)21-5-7-23(24(12-21)30-2)28-13-17-8-18(14-28)10-19(9-17)15-28/h4-7,11-12,17-19H,8-10,13-16H2,1-3H3. The van der Waals surface area contributed by atoms with Crippen molar-refractivity contribution in [3.8, 4) is 11.5 Å². The lowest BCUT2D eigenvalue weighted by Crippen LogP contribution is -2.48. The lowest BCUT2D eigenvalue weighted by molar-refractivity contribution is -0.00617. The summed E-state index contributed by atoms with van der Waals surface area (Å²) >= 11 is 0. The summed E-state index contributed by atoms with van der Waals surface area (Å²) in [5.41, 5.74) is 4.27. The van der Waals surface area contributed by atoms with E-state index in [4.69, 9.17) is 14.2 Å². The highest BCUT2D eigenvalue weighted by atomic mass is 16.5. The van der Waals surface area contributed by atoms with Gasteiger partial charge < -0.3 is 14.2 Å². The Bertz CT molecular complexity index is 1050. The number of methoxy groups -OCH3 is 2. The van der Waals surface area contributed by atoms with Crippen LogP contribution in [0.25, 0.3) is 0 Å². The molecule has 32 heavy (non-hydrogen) atoms. The predicted octanol–water partition coefficient (Wildman–Crippen LogP) is 5.65. The van der Waals surface area contributed by atoms with Crippen molar-refractivity contribution in [3.63, 3.8) is 0 Å². The minimum atomic E-state index is -0.341. The molecule has 4 heteroatoms. The van der Waals surface area contributed by atoms with Gasteiger partial charge in [0.2, 0.25) is 0 Å². The van der Waals surface area contributed by atoms with Crippen LogP contribution in [0.5, 0.6) is 11.5 Å². The molecule has 4 nitrogen and oxygen atoms in total. The molecular formula is C28H32O4. The van der Waals surface area contributed by atoms with Gasteiger partial charge >= 0.3 is 5.97 Å². The normalized spacial score (nSPS) is 34.2. The first-order valence-corrected chi connectivity index (χ1v) is 12.0.